The van der Waals surface area contributed by atoms with Crippen molar-refractivity contribution in [3.63, 3.8) is 0 Å². The molecule has 0 aliphatic carbocycles. The fourth-order valence-corrected chi connectivity index (χ4v) is 1.31. The minimum absolute atomic E-state index is 1.13. The van der Waals surface area contributed by atoms with Crippen molar-refractivity contribution in [1.29, 1.82) is 0 Å². The first kappa shape index (κ1) is 6.17. The fraction of sp³-hybridized carbons (Fsp3) is 0.667. The smallest absolute Gasteiger partial charge is 0.0270 e. The summed E-state index contributed by atoms with van der Waals surface area (Å²) in [5.41, 5.74) is 0. The second-order valence-electron chi connectivity index (χ2n) is 1.83. The van der Waals surface area contributed by atoms with Crippen molar-refractivity contribution in [1.82, 2.24) is 4.31 Å². The lowest BCUT2D eigenvalue weighted by Crippen LogP contribution is -2.18. The molecule has 0 aromatic rings. The number of hydrogen-bond donors (Lipinski definition) is 0. The van der Waals surface area contributed by atoms with E-state index in [-0.39, 0.29) is 0 Å². The van der Waals surface area contributed by atoms with E-state index in [9.17, 15) is 0 Å². The Kier molecular flexibility index (Phi) is 2.43. The molecule has 1 rings (SSSR count). The first-order valence-corrected chi connectivity index (χ1v) is 4.05. The highest BCUT2D eigenvalue weighted by molar-refractivity contribution is 7.96. The van der Waals surface area contributed by atoms with Gasteiger partial charge in [0, 0.05) is 13.1 Å². The summed E-state index contributed by atoms with van der Waals surface area (Å²) in [5.74, 6) is 0. The van der Waals surface area contributed by atoms with Crippen LogP contribution in [0.4, 0.5) is 0 Å². The standard InChI is InChI=1S/C6H11NS/c1-8-7-5-3-2-4-6-7/h2-3H,4-6H2,1H3. The molecule has 1 aliphatic rings. The van der Waals surface area contributed by atoms with Crippen LogP contribution in [0.5, 0.6) is 0 Å². The predicted octanol–water partition coefficient (Wildman–Crippen LogP) is 1.53. The van der Waals surface area contributed by atoms with Crippen LogP contribution in [0.25, 0.3) is 0 Å². The van der Waals surface area contributed by atoms with Gasteiger partial charge in [-0.25, -0.2) is 4.31 Å². The van der Waals surface area contributed by atoms with Crippen LogP contribution >= 0.6 is 11.9 Å². The second-order valence-corrected chi connectivity index (χ2v) is 2.71. The van der Waals surface area contributed by atoms with Crippen molar-refractivity contribution < 1.29 is 0 Å². The minimum Gasteiger partial charge on any atom is -0.247 e. The zero-order chi connectivity index (χ0) is 5.82. The molecule has 0 unspecified atom stereocenters. The highest BCUT2D eigenvalue weighted by atomic mass is 32.2. The van der Waals surface area contributed by atoms with Crippen molar-refractivity contribution >= 4 is 11.9 Å². The Balaban J connectivity index is 2.27. The van der Waals surface area contributed by atoms with E-state index in [0.29, 0.717) is 0 Å². The van der Waals surface area contributed by atoms with Gasteiger partial charge in [-0.2, -0.15) is 0 Å². The summed E-state index contributed by atoms with van der Waals surface area (Å²) in [4.78, 5) is 0. The van der Waals surface area contributed by atoms with Gasteiger partial charge in [0.25, 0.3) is 0 Å². The zero-order valence-corrected chi connectivity index (χ0v) is 5.95. The van der Waals surface area contributed by atoms with Gasteiger partial charge in [-0.05, 0) is 12.7 Å². The molecule has 0 amide bonds. The molecule has 8 heavy (non-hydrogen) atoms. The maximum atomic E-state index is 2.35. The number of rotatable bonds is 1. The maximum absolute atomic E-state index is 2.35. The summed E-state index contributed by atoms with van der Waals surface area (Å²) >= 11 is 1.83. The van der Waals surface area contributed by atoms with Gasteiger partial charge in [-0.3, -0.25) is 0 Å². The molecule has 0 bridgehead atoms. The van der Waals surface area contributed by atoms with Crippen molar-refractivity contribution in [2.24, 2.45) is 0 Å². The third-order valence-electron chi connectivity index (χ3n) is 1.28. The van der Waals surface area contributed by atoms with Gasteiger partial charge in [0.05, 0.1) is 0 Å². The van der Waals surface area contributed by atoms with Crippen LogP contribution in [0, 0.1) is 0 Å². The molecule has 46 valence electrons. The van der Waals surface area contributed by atoms with E-state index in [0.717, 1.165) is 6.54 Å². The maximum Gasteiger partial charge on any atom is 0.0270 e. The molecule has 0 saturated heterocycles. The zero-order valence-electron chi connectivity index (χ0n) is 5.13. The fourth-order valence-electron chi connectivity index (χ4n) is 0.786. The van der Waals surface area contributed by atoms with Crippen LogP contribution in [0.15, 0.2) is 12.2 Å². The summed E-state index contributed by atoms with van der Waals surface area (Å²) in [5, 5.41) is 0. The lowest BCUT2D eigenvalue weighted by molar-refractivity contribution is 0.512. The van der Waals surface area contributed by atoms with Crippen LogP contribution in [-0.4, -0.2) is 23.7 Å². The van der Waals surface area contributed by atoms with Gasteiger partial charge in [0.15, 0.2) is 0 Å². The van der Waals surface area contributed by atoms with Crippen molar-refractivity contribution in [3.8, 4) is 0 Å². The number of hydrogen-bond acceptors (Lipinski definition) is 2. The van der Waals surface area contributed by atoms with E-state index in [1.807, 2.05) is 11.9 Å². The Morgan fingerprint density at radius 3 is 2.75 bits per heavy atom. The van der Waals surface area contributed by atoms with Crippen LogP contribution < -0.4 is 0 Å². The van der Waals surface area contributed by atoms with Crippen LogP contribution in [0.1, 0.15) is 6.42 Å². The topological polar surface area (TPSA) is 3.24 Å². The normalized spacial score (nSPS) is 21.6. The SMILES string of the molecule is CSN1CC=CCC1. The molecule has 0 radical (unpaired) electrons. The second kappa shape index (κ2) is 3.15. The average Bonchev–Trinajstić information content (AvgIpc) is 1.90. The quantitative estimate of drug-likeness (QED) is 0.390. The summed E-state index contributed by atoms with van der Waals surface area (Å²) in [6, 6.07) is 0. The molecule has 0 N–H and O–H groups in total. The molecule has 2 heteroatoms. The lowest BCUT2D eigenvalue weighted by Gasteiger charge is -2.18. The van der Waals surface area contributed by atoms with Gasteiger partial charge in [-0.15, -0.1) is 0 Å². The molecule has 1 aliphatic heterocycles. The summed E-state index contributed by atoms with van der Waals surface area (Å²) in [6.45, 7) is 2.35. The Labute approximate surface area is 54.9 Å². The van der Waals surface area contributed by atoms with Crippen LogP contribution in [0.2, 0.25) is 0 Å². The molecule has 0 atom stereocenters. The van der Waals surface area contributed by atoms with Crippen molar-refractivity contribution in [2.45, 2.75) is 6.42 Å². The van der Waals surface area contributed by atoms with Crippen molar-refractivity contribution in [2.75, 3.05) is 19.3 Å². The van der Waals surface area contributed by atoms with Gasteiger partial charge in [0.2, 0.25) is 0 Å². The minimum atomic E-state index is 1.13. The van der Waals surface area contributed by atoms with E-state index < -0.39 is 0 Å². The van der Waals surface area contributed by atoms with Crippen LogP contribution in [-0.2, 0) is 0 Å². The first-order chi connectivity index (χ1) is 3.93. The highest BCUT2D eigenvalue weighted by Crippen LogP contribution is 2.09. The van der Waals surface area contributed by atoms with Crippen molar-refractivity contribution in [3.05, 3.63) is 12.2 Å². The molecule has 1 heterocycles. The van der Waals surface area contributed by atoms with Gasteiger partial charge < -0.3 is 0 Å². The molecule has 0 spiro atoms. The third-order valence-corrected chi connectivity index (χ3v) is 2.13. The molecule has 0 fully saturated rings. The van der Waals surface area contributed by atoms with E-state index >= 15 is 0 Å². The molecule has 0 aromatic heterocycles. The summed E-state index contributed by atoms with van der Waals surface area (Å²) in [6.07, 6.45) is 7.81. The van der Waals surface area contributed by atoms with Gasteiger partial charge in [0.1, 0.15) is 0 Å². The predicted molar refractivity (Wildman–Crippen MR) is 38.8 cm³/mol. The molecule has 1 nitrogen and oxygen atoms in total. The van der Waals surface area contributed by atoms with E-state index in [4.69, 9.17) is 0 Å². The monoisotopic (exact) mass is 129 g/mol. The Morgan fingerprint density at radius 2 is 2.38 bits per heavy atom. The van der Waals surface area contributed by atoms with Gasteiger partial charge >= 0.3 is 0 Å². The van der Waals surface area contributed by atoms with E-state index in [2.05, 4.69) is 22.7 Å². The molecular formula is C6H11NS. The Bertz CT molecular complexity index is 90.5. The average molecular weight is 129 g/mol. The first-order valence-electron chi connectivity index (χ1n) is 2.87. The molecule has 0 aromatic carbocycles. The lowest BCUT2D eigenvalue weighted by atomic mass is 10.3. The Hall–Kier alpha value is 0.0500. The number of nitrogens with zero attached hydrogens (tertiary/aromatic N) is 1. The van der Waals surface area contributed by atoms with Crippen LogP contribution in [0.3, 0.4) is 0 Å². The van der Waals surface area contributed by atoms with Gasteiger partial charge in [-0.1, -0.05) is 24.1 Å². The third kappa shape index (κ3) is 1.53. The molecule has 0 saturated carbocycles. The van der Waals surface area contributed by atoms with E-state index in [1.165, 1.54) is 13.0 Å². The van der Waals surface area contributed by atoms with E-state index in [1.54, 1.807) is 0 Å². The summed E-state index contributed by atoms with van der Waals surface area (Å²) in [7, 11) is 0. The largest absolute Gasteiger partial charge is 0.247 e. The highest BCUT2D eigenvalue weighted by Gasteiger charge is 2.01. The Morgan fingerprint density at radius 1 is 1.50 bits per heavy atom. The summed E-state index contributed by atoms with van der Waals surface area (Å²) < 4.78 is 2.35. The molecular weight excluding hydrogens is 118 g/mol.